The molecule has 0 amide bonds. The highest BCUT2D eigenvalue weighted by atomic mass is 16.5. The molecule has 30 heavy (non-hydrogen) atoms. The first-order valence-electron chi connectivity index (χ1n) is 10.4. The van der Waals surface area contributed by atoms with Crippen molar-refractivity contribution >= 4 is 5.96 Å². The second-order valence-electron chi connectivity index (χ2n) is 7.26. The molecule has 0 unspecified atom stereocenters. The van der Waals surface area contributed by atoms with Crippen LogP contribution in [-0.4, -0.2) is 38.3 Å². The molecule has 7 nitrogen and oxygen atoms in total. The van der Waals surface area contributed by atoms with Gasteiger partial charge in [0.2, 0.25) is 11.6 Å². The van der Waals surface area contributed by atoms with E-state index in [1.807, 2.05) is 30.3 Å². The smallest absolute Gasteiger partial charge is 0.219 e. The molecule has 1 aromatic carbocycles. The molecule has 0 saturated heterocycles. The van der Waals surface area contributed by atoms with E-state index >= 15 is 0 Å². The average molecular weight is 415 g/mol. The van der Waals surface area contributed by atoms with Crippen LogP contribution in [0.25, 0.3) is 0 Å². The summed E-state index contributed by atoms with van der Waals surface area (Å²) in [6, 6.07) is 9.25. The number of guanidine groups is 1. The molecule has 0 saturated carbocycles. The van der Waals surface area contributed by atoms with Gasteiger partial charge < -0.3 is 24.8 Å². The van der Waals surface area contributed by atoms with Crippen molar-refractivity contribution < 1.29 is 14.2 Å². The number of aliphatic imine (C=N–C) groups is 1. The largest absolute Gasteiger partial charge is 0.493 e. The molecule has 1 heterocycles. The molecular weight excluding hydrogens is 380 g/mol. The van der Waals surface area contributed by atoms with Crippen LogP contribution in [0, 0.1) is 5.92 Å². The molecule has 2 aromatic rings. The maximum Gasteiger partial charge on any atom is 0.219 e. The van der Waals surface area contributed by atoms with Gasteiger partial charge in [-0.1, -0.05) is 26.0 Å². The van der Waals surface area contributed by atoms with Crippen LogP contribution in [0.4, 0.5) is 0 Å². The molecule has 2 rings (SSSR count). The van der Waals surface area contributed by atoms with E-state index in [2.05, 4.69) is 41.4 Å². The Balaban J connectivity index is 1.99. The van der Waals surface area contributed by atoms with E-state index in [0.717, 1.165) is 31.0 Å². The Kier molecular flexibility index (Phi) is 9.77. The van der Waals surface area contributed by atoms with E-state index in [0.29, 0.717) is 35.6 Å². The first-order chi connectivity index (χ1) is 14.6. The van der Waals surface area contributed by atoms with Gasteiger partial charge in [0.25, 0.3) is 0 Å². The molecule has 0 radical (unpaired) electrons. The highest BCUT2D eigenvalue weighted by Crippen LogP contribution is 2.39. The van der Waals surface area contributed by atoms with Crippen LogP contribution >= 0.6 is 0 Å². The first-order valence-corrected chi connectivity index (χ1v) is 10.4. The van der Waals surface area contributed by atoms with Gasteiger partial charge in [0.15, 0.2) is 17.5 Å². The minimum Gasteiger partial charge on any atom is -0.493 e. The molecule has 0 atom stereocenters. The van der Waals surface area contributed by atoms with Gasteiger partial charge in [0, 0.05) is 25.4 Å². The number of benzene rings is 1. The van der Waals surface area contributed by atoms with E-state index in [1.165, 1.54) is 6.42 Å². The van der Waals surface area contributed by atoms with Crippen LogP contribution in [0.1, 0.15) is 39.2 Å². The van der Waals surface area contributed by atoms with E-state index in [-0.39, 0.29) is 0 Å². The number of aromatic nitrogens is 1. The number of rotatable bonds is 11. The van der Waals surface area contributed by atoms with Crippen molar-refractivity contribution in [2.45, 2.75) is 40.2 Å². The number of para-hydroxylation sites is 1. The summed E-state index contributed by atoms with van der Waals surface area (Å²) < 4.78 is 16.6. The number of hydrogen-bond donors (Lipinski definition) is 2. The summed E-state index contributed by atoms with van der Waals surface area (Å²) in [5.41, 5.74) is 0.994. The summed E-state index contributed by atoms with van der Waals surface area (Å²) >= 11 is 0. The number of nitrogens with one attached hydrogen (secondary N) is 2. The van der Waals surface area contributed by atoms with Gasteiger partial charge in [0.05, 0.1) is 20.8 Å². The van der Waals surface area contributed by atoms with Gasteiger partial charge in [-0.25, -0.2) is 9.98 Å². The fraction of sp³-hybridized carbons (Fsp3) is 0.478. The van der Waals surface area contributed by atoms with E-state index in [9.17, 15) is 0 Å². The van der Waals surface area contributed by atoms with Crippen molar-refractivity contribution in [1.82, 2.24) is 15.6 Å². The molecule has 164 valence electrons. The van der Waals surface area contributed by atoms with Gasteiger partial charge in [0.1, 0.15) is 0 Å². The standard InChI is InChI=1S/C23H34N4O3/c1-6-24-23(25-14-8-9-17(2)3)27-16-18-12-13-21(26-15-18)30-22-19(28-4)10-7-11-20(22)29-5/h7,10-13,15,17H,6,8-9,14,16H2,1-5H3,(H2,24,25,27). The monoisotopic (exact) mass is 414 g/mol. The second kappa shape index (κ2) is 12.6. The summed E-state index contributed by atoms with van der Waals surface area (Å²) in [5.74, 6) is 3.67. The zero-order valence-corrected chi connectivity index (χ0v) is 18.7. The fourth-order valence-electron chi connectivity index (χ4n) is 2.82. The summed E-state index contributed by atoms with van der Waals surface area (Å²) in [5, 5.41) is 6.66. The van der Waals surface area contributed by atoms with Gasteiger partial charge in [-0.3, -0.25) is 0 Å². The Morgan fingerprint density at radius 3 is 2.37 bits per heavy atom. The van der Waals surface area contributed by atoms with Crippen molar-refractivity contribution in [3.63, 3.8) is 0 Å². The molecule has 2 N–H and O–H groups in total. The van der Waals surface area contributed by atoms with Crippen LogP contribution < -0.4 is 24.8 Å². The van der Waals surface area contributed by atoms with Crippen LogP contribution in [0.15, 0.2) is 41.5 Å². The summed E-state index contributed by atoms with van der Waals surface area (Å²) in [7, 11) is 3.18. The lowest BCUT2D eigenvalue weighted by atomic mass is 10.1. The van der Waals surface area contributed by atoms with Crippen LogP contribution in [0.2, 0.25) is 0 Å². The molecule has 0 aliphatic heterocycles. The summed E-state index contributed by atoms with van der Waals surface area (Å²) in [6.45, 7) is 8.81. The predicted octanol–water partition coefficient (Wildman–Crippen LogP) is 4.38. The van der Waals surface area contributed by atoms with Gasteiger partial charge >= 0.3 is 0 Å². The Labute approximate surface area is 179 Å². The Morgan fingerprint density at radius 2 is 1.80 bits per heavy atom. The maximum atomic E-state index is 5.90. The number of ether oxygens (including phenoxy) is 3. The topological polar surface area (TPSA) is 77.0 Å². The zero-order valence-electron chi connectivity index (χ0n) is 18.7. The summed E-state index contributed by atoms with van der Waals surface area (Å²) in [6.07, 6.45) is 4.10. The molecule has 1 aromatic heterocycles. The third-order valence-electron chi connectivity index (χ3n) is 4.40. The SMILES string of the molecule is CCNC(=NCc1ccc(Oc2c(OC)cccc2OC)nc1)NCCCC(C)C. The predicted molar refractivity (Wildman–Crippen MR) is 121 cm³/mol. The minimum absolute atomic E-state index is 0.462. The van der Waals surface area contributed by atoms with E-state index in [1.54, 1.807) is 20.4 Å². The molecule has 0 aliphatic carbocycles. The van der Waals surface area contributed by atoms with E-state index < -0.39 is 0 Å². The average Bonchev–Trinajstić information content (AvgIpc) is 2.75. The lowest BCUT2D eigenvalue weighted by Crippen LogP contribution is -2.37. The third kappa shape index (κ3) is 7.46. The van der Waals surface area contributed by atoms with Crippen molar-refractivity contribution in [1.29, 1.82) is 0 Å². The number of methoxy groups -OCH3 is 2. The molecular formula is C23H34N4O3. The number of pyridine rings is 1. The number of hydrogen-bond acceptors (Lipinski definition) is 5. The van der Waals surface area contributed by atoms with Crippen molar-refractivity contribution in [3.8, 4) is 23.1 Å². The highest BCUT2D eigenvalue weighted by Gasteiger charge is 2.13. The second-order valence-corrected chi connectivity index (χ2v) is 7.26. The third-order valence-corrected chi connectivity index (χ3v) is 4.40. The van der Waals surface area contributed by atoms with Crippen molar-refractivity contribution in [2.24, 2.45) is 10.9 Å². The summed E-state index contributed by atoms with van der Waals surface area (Å²) in [4.78, 5) is 9.04. The van der Waals surface area contributed by atoms with Crippen LogP contribution in [-0.2, 0) is 6.54 Å². The molecule has 0 fully saturated rings. The zero-order chi connectivity index (χ0) is 21.8. The molecule has 0 spiro atoms. The Hall–Kier alpha value is -2.96. The molecule has 7 heteroatoms. The fourth-order valence-corrected chi connectivity index (χ4v) is 2.82. The Morgan fingerprint density at radius 1 is 1.07 bits per heavy atom. The Bertz CT molecular complexity index is 769. The van der Waals surface area contributed by atoms with Gasteiger partial charge in [-0.15, -0.1) is 0 Å². The number of nitrogens with zero attached hydrogens (tertiary/aromatic N) is 2. The minimum atomic E-state index is 0.462. The normalized spacial score (nSPS) is 11.3. The molecule has 0 bridgehead atoms. The highest BCUT2D eigenvalue weighted by molar-refractivity contribution is 5.79. The van der Waals surface area contributed by atoms with Gasteiger partial charge in [-0.2, -0.15) is 0 Å². The van der Waals surface area contributed by atoms with Crippen molar-refractivity contribution in [3.05, 3.63) is 42.1 Å². The van der Waals surface area contributed by atoms with Gasteiger partial charge in [-0.05, 0) is 43.4 Å². The lowest BCUT2D eigenvalue weighted by Gasteiger charge is -2.13. The lowest BCUT2D eigenvalue weighted by molar-refractivity contribution is 0.342. The maximum absolute atomic E-state index is 5.90. The van der Waals surface area contributed by atoms with Crippen LogP contribution in [0.3, 0.4) is 0 Å². The first kappa shape index (κ1) is 23.3. The van der Waals surface area contributed by atoms with E-state index in [4.69, 9.17) is 14.2 Å². The van der Waals surface area contributed by atoms with Crippen LogP contribution in [0.5, 0.6) is 23.1 Å². The quantitative estimate of drug-likeness (QED) is 0.323. The van der Waals surface area contributed by atoms with Crippen molar-refractivity contribution in [2.75, 3.05) is 27.3 Å². The molecule has 0 aliphatic rings.